The molecule has 0 spiro atoms. The Bertz CT molecular complexity index is 1150. The number of ether oxygens (including phenoxy) is 1. The van der Waals surface area contributed by atoms with Crippen molar-refractivity contribution >= 4 is 34.8 Å². The van der Waals surface area contributed by atoms with Gasteiger partial charge in [-0.3, -0.25) is 9.59 Å². The molecule has 3 aromatic carbocycles. The number of anilines is 1. The molecule has 1 aliphatic rings. The number of carbonyl (C=O) groups excluding carboxylic acids is 2. The maximum Gasteiger partial charge on any atom is 0.272 e. The van der Waals surface area contributed by atoms with E-state index in [1.54, 1.807) is 0 Å². The van der Waals surface area contributed by atoms with Gasteiger partial charge in [0, 0.05) is 5.75 Å². The van der Waals surface area contributed by atoms with Gasteiger partial charge in [-0.2, -0.15) is 0 Å². The number of imide groups is 1. The number of aryl methyl sites for hydroxylation is 1. The van der Waals surface area contributed by atoms with Gasteiger partial charge in [-0.1, -0.05) is 60.2 Å². The van der Waals surface area contributed by atoms with E-state index in [0.717, 1.165) is 16.9 Å². The summed E-state index contributed by atoms with van der Waals surface area (Å²) in [7, 11) is 0. The molecular formula is C27H25NO3S. The van der Waals surface area contributed by atoms with Gasteiger partial charge in [0.05, 0.1) is 22.3 Å². The van der Waals surface area contributed by atoms with Crippen molar-refractivity contribution in [1.82, 2.24) is 0 Å². The number of amides is 2. The van der Waals surface area contributed by atoms with Gasteiger partial charge in [0.2, 0.25) is 0 Å². The zero-order valence-electron chi connectivity index (χ0n) is 18.4. The Morgan fingerprint density at radius 2 is 1.50 bits per heavy atom. The first-order valence-electron chi connectivity index (χ1n) is 10.6. The lowest BCUT2D eigenvalue weighted by molar-refractivity contribution is -0.119. The van der Waals surface area contributed by atoms with Crippen LogP contribution in [0.5, 0.6) is 5.75 Å². The van der Waals surface area contributed by atoms with Gasteiger partial charge < -0.3 is 4.74 Å². The smallest absolute Gasteiger partial charge is 0.272 e. The highest BCUT2D eigenvalue weighted by molar-refractivity contribution is 8.03. The second kappa shape index (κ2) is 9.45. The number of thioether (sulfide) groups is 1. The highest BCUT2D eigenvalue weighted by Crippen LogP contribution is 2.40. The molecule has 0 saturated heterocycles. The summed E-state index contributed by atoms with van der Waals surface area (Å²) < 4.78 is 5.73. The van der Waals surface area contributed by atoms with Gasteiger partial charge in [0.15, 0.2) is 0 Å². The predicted molar refractivity (Wildman–Crippen MR) is 131 cm³/mol. The molecule has 0 radical (unpaired) electrons. The SMILES string of the molecule is Cc1ccc(N2C(=O)C(SCc3ccccc3)=C(c3ccc(OC(C)C)cc3)C2=O)cc1. The highest BCUT2D eigenvalue weighted by atomic mass is 32.2. The Balaban J connectivity index is 1.71. The Morgan fingerprint density at radius 3 is 2.12 bits per heavy atom. The van der Waals surface area contributed by atoms with Gasteiger partial charge in [-0.15, -0.1) is 11.8 Å². The Labute approximate surface area is 192 Å². The molecule has 0 bridgehead atoms. The van der Waals surface area contributed by atoms with E-state index in [1.807, 2.05) is 99.6 Å². The monoisotopic (exact) mass is 443 g/mol. The second-order valence-electron chi connectivity index (χ2n) is 7.95. The van der Waals surface area contributed by atoms with Crippen LogP contribution in [-0.2, 0) is 15.3 Å². The molecular weight excluding hydrogens is 418 g/mol. The van der Waals surface area contributed by atoms with Crippen LogP contribution >= 0.6 is 11.8 Å². The van der Waals surface area contributed by atoms with Crippen molar-refractivity contribution in [2.45, 2.75) is 32.6 Å². The maximum absolute atomic E-state index is 13.5. The van der Waals surface area contributed by atoms with Crippen molar-refractivity contribution in [3.8, 4) is 5.75 Å². The van der Waals surface area contributed by atoms with Crippen LogP contribution in [0.4, 0.5) is 5.69 Å². The van der Waals surface area contributed by atoms with E-state index in [0.29, 0.717) is 27.5 Å². The molecule has 1 aliphatic heterocycles. The normalized spacial score (nSPS) is 13.9. The lowest BCUT2D eigenvalue weighted by Crippen LogP contribution is -2.31. The fourth-order valence-corrected chi connectivity index (χ4v) is 4.60. The minimum Gasteiger partial charge on any atom is -0.491 e. The standard InChI is InChI=1S/C27H25NO3S/c1-18(2)31-23-15-11-21(12-16-23)24-25(32-17-20-7-5-4-6-8-20)27(30)28(26(24)29)22-13-9-19(3)10-14-22/h4-16,18H,17H2,1-3H3. The fraction of sp³-hybridized carbons (Fsp3) is 0.185. The van der Waals surface area contributed by atoms with Crippen molar-refractivity contribution in [1.29, 1.82) is 0 Å². The van der Waals surface area contributed by atoms with Crippen molar-refractivity contribution in [2.75, 3.05) is 4.90 Å². The molecule has 0 fully saturated rings. The first kappa shape index (κ1) is 21.9. The molecule has 0 atom stereocenters. The molecule has 162 valence electrons. The number of carbonyl (C=O) groups is 2. The topological polar surface area (TPSA) is 46.6 Å². The largest absolute Gasteiger partial charge is 0.491 e. The van der Waals surface area contributed by atoms with Crippen LogP contribution in [0, 0.1) is 6.92 Å². The Kier molecular flexibility index (Phi) is 6.47. The van der Waals surface area contributed by atoms with Crippen LogP contribution in [0.2, 0.25) is 0 Å². The minimum absolute atomic E-state index is 0.0590. The summed E-state index contributed by atoms with van der Waals surface area (Å²) in [4.78, 5) is 28.7. The quantitative estimate of drug-likeness (QED) is 0.420. The summed E-state index contributed by atoms with van der Waals surface area (Å²) in [6.45, 7) is 5.91. The molecule has 0 saturated carbocycles. The van der Waals surface area contributed by atoms with E-state index >= 15 is 0 Å². The third-order valence-corrected chi connectivity index (χ3v) is 6.22. The summed E-state index contributed by atoms with van der Waals surface area (Å²) >= 11 is 1.40. The van der Waals surface area contributed by atoms with Crippen molar-refractivity contribution < 1.29 is 14.3 Å². The molecule has 0 aromatic heterocycles. The summed E-state index contributed by atoms with van der Waals surface area (Å²) in [5.41, 5.74) is 3.90. The predicted octanol–water partition coefficient (Wildman–Crippen LogP) is 6.00. The highest BCUT2D eigenvalue weighted by Gasteiger charge is 2.40. The minimum atomic E-state index is -0.299. The molecule has 3 aromatic rings. The maximum atomic E-state index is 13.5. The van der Waals surface area contributed by atoms with Crippen LogP contribution < -0.4 is 9.64 Å². The number of benzene rings is 3. The molecule has 32 heavy (non-hydrogen) atoms. The second-order valence-corrected chi connectivity index (χ2v) is 8.94. The number of hydrogen-bond acceptors (Lipinski definition) is 4. The van der Waals surface area contributed by atoms with E-state index in [2.05, 4.69) is 0 Å². The first-order valence-corrected chi connectivity index (χ1v) is 11.6. The van der Waals surface area contributed by atoms with Gasteiger partial charge >= 0.3 is 0 Å². The summed E-state index contributed by atoms with van der Waals surface area (Å²) in [5.74, 6) is 0.758. The lowest BCUT2D eigenvalue weighted by atomic mass is 10.1. The lowest BCUT2D eigenvalue weighted by Gasteiger charge is -2.15. The molecule has 0 aliphatic carbocycles. The molecule has 2 amide bonds. The van der Waals surface area contributed by atoms with Gasteiger partial charge in [0.1, 0.15) is 5.75 Å². The Morgan fingerprint density at radius 1 is 0.844 bits per heavy atom. The van der Waals surface area contributed by atoms with Gasteiger partial charge in [0.25, 0.3) is 11.8 Å². The van der Waals surface area contributed by atoms with Crippen molar-refractivity contribution in [3.05, 3.63) is 100 Å². The Hall–Kier alpha value is -3.31. The van der Waals surface area contributed by atoms with Crippen molar-refractivity contribution in [3.63, 3.8) is 0 Å². The number of nitrogens with zero attached hydrogens (tertiary/aromatic N) is 1. The molecule has 4 rings (SSSR count). The average Bonchev–Trinajstić information content (AvgIpc) is 3.03. The molecule has 4 nitrogen and oxygen atoms in total. The molecule has 5 heteroatoms. The van der Waals surface area contributed by atoms with E-state index in [4.69, 9.17) is 4.74 Å². The third-order valence-electron chi connectivity index (χ3n) is 5.07. The van der Waals surface area contributed by atoms with Crippen LogP contribution in [0.3, 0.4) is 0 Å². The van der Waals surface area contributed by atoms with Crippen LogP contribution in [0.1, 0.15) is 30.5 Å². The zero-order chi connectivity index (χ0) is 22.7. The summed E-state index contributed by atoms with van der Waals surface area (Å²) in [5, 5.41) is 0. The van der Waals surface area contributed by atoms with Gasteiger partial charge in [-0.25, -0.2) is 4.90 Å². The van der Waals surface area contributed by atoms with Crippen molar-refractivity contribution in [2.24, 2.45) is 0 Å². The van der Waals surface area contributed by atoms with Crippen LogP contribution in [-0.4, -0.2) is 17.9 Å². The van der Waals surface area contributed by atoms with E-state index < -0.39 is 0 Å². The van der Waals surface area contributed by atoms with Crippen LogP contribution in [0.25, 0.3) is 5.57 Å². The average molecular weight is 444 g/mol. The van der Waals surface area contributed by atoms with Gasteiger partial charge in [-0.05, 0) is 56.2 Å². The third kappa shape index (κ3) is 4.63. The summed E-state index contributed by atoms with van der Waals surface area (Å²) in [6.07, 6.45) is 0.0590. The number of hydrogen-bond donors (Lipinski definition) is 0. The zero-order valence-corrected chi connectivity index (χ0v) is 19.2. The van der Waals surface area contributed by atoms with E-state index in [9.17, 15) is 9.59 Å². The first-order chi connectivity index (χ1) is 15.4. The molecule has 1 heterocycles. The van der Waals surface area contributed by atoms with Crippen LogP contribution in [0.15, 0.2) is 83.8 Å². The molecule has 0 N–H and O–H groups in total. The number of rotatable bonds is 7. The van der Waals surface area contributed by atoms with E-state index in [1.165, 1.54) is 16.7 Å². The summed E-state index contributed by atoms with van der Waals surface area (Å²) in [6, 6.07) is 24.8. The fourth-order valence-electron chi connectivity index (χ4n) is 3.53. The van der Waals surface area contributed by atoms with E-state index in [-0.39, 0.29) is 17.9 Å². The molecule has 0 unspecified atom stereocenters.